The molecule has 2 rings (SSSR count). The third-order valence-electron chi connectivity index (χ3n) is 1.92. The van der Waals surface area contributed by atoms with Crippen molar-refractivity contribution in [3.8, 4) is 0 Å². The molecule has 0 spiro atoms. The van der Waals surface area contributed by atoms with Crippen molar-refractivity contribution >= 4 is 11.9 Å². The Kier molecular flexibility index (Phi) is 1.80. The van der Waals surface area contributed by atoms with Gasteiger partial charge in [0.05, 0.1) is 11.9 Å². The van der Waals surface area contributed by atoms with Gasteiger partial charge in [-0.05, 0) is 6.07 Å². The summed E-state index contributed by atoms with van der Waals surface area (Å²) in [6, 6.07) is 7.98. The lowest BCUT2D eigenvalue weighted by molar-refractivity contribution is 0.161. The van der Waals surface area contributed by atoms with E-state index in [0.717, 1.165) is 11.3 Å². The fourth-order valence-electron chi connectivity index (χ4n) is 1.29. The molecule has 62 valence electrons. The molecule has 0 aliphatic carbocycles. The number of ether oxygens (including phenoxy) is 1. The molecule has 1 aromatic carbocycles. The molecule has 1 heterocycles. The molecule has 3 nitrogen and oxygen atoms in total. The Morgan fingerprint density at radius 3 is 3.08 bits per heavy atom. The van der Waals surface area contributed by atoms with Gasteiger partial charge in [0, 0.05) is 12.7 Å². The molecule has 1 aliphatic rings. The second-order valence-corrected chi connectivity index (χ2v) is 2.63. The zero-order valence-electron chi connectivity index (χ0n) is 6.82. The number of hydrogen-bond donors (Lipinski definition) is 1. The maximum atomic E-state index is 5.23. The quantitative estimate of drug-likeness (QED) is 0.683. The molecule has 0 radical (unpaired) electrons. The number of rotatable bonds is 1. The molecule has 0 bridgehead atoms. The summed E-state index contributed by atoms with van der Waals surface area (Å²) >= 11 is 0. The maximum absolute atomic E-state index is 5.23. The molecular formula is C9H10N2O. The van der Waals surface area contributed by atoms with Gasteiger partial charge < -0.3 is 4.74 Å². The average Bonchev–Trinajstić information content (AvgIpc) is 2.17. The van der Waals surface area contributed by atoms with E-state index < -0.39 is 0 Å². The van der Waals surface area contributed by atoms with Crippen LogP contribution in [0, 0.1) is 0 Å². The molecule has 1 aliphatic heterocycles. The standard InChI is InChI=1S/C9H10N2O/c1-12-9-6-10-11-8-5-3-2-4-7(8)9/h2-6,9,11H,1H3. The van der Waals surface area contributed by atoms with Crippen molar-refractivity contribution in [2.45, 2.75) is 6.10 Å². The first-order valence-corrected chi connectivity index (χ1v) is 3.83. The summed E-state index contributed by atoms with van der Waals surface area (Å²) in [5.41, 5.74) is 5.07. The molecule has 0 saturated heterocycles. The maximum Gasteiger partial charge on any atom is 0.121 e. The monoisotopic (exact) mass is 162 g/mol. The first kappa shape index (κ1) is 7.31. The van der Waals surface area contributed by atoms with Crippen LogP contribution in [0.25, 0.3) is 0 Å². The molecular weight excluding hydrogens is 152 g/mol. The number of hydrazone groups is 1. The fourth-order valence-corrected chi connectivity index (χ4v) is 1.29. The number of nitrogens with one attached hydrogen (secondary N) is 1. The zero-order valence-corrected chi connectivity index (χ0v) is 6.82. The van der Waals surface area contributed by atoms with Gasteiger partial charge in [-0.25, -0.2) is 0 Å². The van der Waals surface area contributed by atoms with Crippen LogP contribution in [-0.4, -0.2) is 13.3 Å². The molecule has 0 aromatic heterocycles. The summed E-state index contributed by atoms with van der Waals surface area (Å²) in [5, 5.41) is 3.97. The van der Waals surface area contributed by atoms with E-state index in [1.54, 1.807) is 13.3 Å². The van der Waals surface area contributed by atoms with E-state index in [1.807, 2.05) is 24.3 Å². The van der Waals surface area contributed by atoms with Gasteiger partial charge in [0.1, 0.15) is 6.10 Å². The Labute approximate surface area is 71.0 Å². The highest BCUT2D eigenvalue weighted by Crippen LogP contribution is 2.26. The highest BCUT2D eigenvalue weighted by atomic mass is 16.5. The average molecular weight is 162 g/mol. The predicted molar refractivity (Wildman–Crippen MR) is 48.3 cm³/mol. The molecule has 3 heteroatoms. The number of benzene rings is 1. The van der Waals surface area contributed by atoms with Crippen LogP contribution in [0.5, 0.6) is 0 Å². The van der Waals surface area contributed by atoms with Crippen LogP contribution in [0.2, 0.25) is 0 Å². The molecule has 0 saturated carbocycles. The zero-order chi connectivity index (χ0) is 8.39. The lowest BCUT2D eigenvalue weighted by Gasteiger charge is -2.18. The Hall–Kier alpha value is -1.35. The molecule has 12 heavy (non-hydrogen) atoms. The van der Waals surface area contributed by atoms with Crippen LogP contribution in [0.15, 0.2) is 29.4 Å². The molecule has 1 aromatic rings. The van der Waals surface area contributed by atoms with Gasteiger partial charge in [0.15, 0.2) is 0 Å². The van der Waals surface area contributed by atoms with Crippen molar-refractivity contribution in [3.05, 3.63) is 29.8 Å². The van der Waals surface area contributed by atoms with Gasteiger partial charge in [0.25, 0.3) is 0 Å². The van der Waals surface area contributed by atoms with Crippen molar-refractivity contribution in [2.75, 3.05) is 12.5 Å². The van der Waals surface area contributed by atoms with Crippen LogP contribution in [0.3, 0.4) is 0 Å². The third-order valence-corrected chi connectivity index (χ3v) is 1.92. The van der Waals surface area contributed by atoms with Crippen LogP contribution in [0.1, 0.15) is 11.7 Å². The number of anilines is 1. The van der Waals surface area contributed by atoms with Crippen molar-refractivity contribution in [2.24, 2.45) is 5.10 Å². The molecule has 1 N–H and O–H groups in total. The fraction of sp³-hybridized carbons (Fsp3) is 0.222. The Balaban J connectivity index is 2.43. The summed E-state index contributed by atoms with van der Waals surface area (Å²) < 4.78 is 5.23. The smallest absolute Gasteiger partial charge is 0.121 e. The number of hydrogen-bond acceptors (Lipinski definition) is 3. The Morgan fingerprint density at radius 1 is 1.42 bits per heavy atom. The lowest BCUT2D eigenvalue weighted by atomic mass is 10.1. The van der Waals surface area contributed by atoms with Gasteiger partial charge in [0.2, 0.25) is 0 Å². The second-order valence-electron chi connectivity index (χ2n) is 2.63. The van der Waals surface area contributed by atoms with Gasteiger partial charge in [-0.2, -0.15) is 5.10 Å². The molecule has 0 amide bonds. The second kappa shape index (κ2) is 2.95. The molecule has 1 unspecified atom stereocenters. The summed E-state index contributed by atoms with van der Waals surface area (Å²) in [6.45, 7) is 0. The van der Waals surface area contributed by atoms with Crippen LogP contribution in [-0.2, 0) is 4.74 Å². The van der Waals surface area contributed by atoms with Crippen molar-refractivity contribution in [1.29, 1.82) is 0 Å². The van der Waals surface area contributed by atoms with Crippen LogP contribution in [0.4, 0.5) is 5.69 Å². The van der Waals surface area contributed by atoms with Crippen LogP contribution >= 0.6 is 0 Å². The highest BCUT2D eigenvalue weighted by Gasteiger charge is 2.14. The van der Waals surface area contributed by atoms with E-state index in [4.69, 9.17) is 4.74 Å². The minimum Gasteiger partial charge on any atom is -0.371 e. The van der Waals surface area contributed by atoms with Crippen molar-refractivity contribution in [1.82, 2.24) is 0 Å². The minimum absolute atomic E-state index is 0.0116. The van der Waals surface area contributed by atoms with E-state index >= 15 is 0 Å². The summed E-state index contributed by atoms with van der Waals surface area (Å²) in [5.74, 6) is 0. The van der Waals surface area contributed by atoms with Gasteiger partial charge >= 0.3 is 0 Å². The van der Waals surface area contributed by atoms with E-state index in [1.165, 1.54) is 0 Å². The SMILES string of the molecule is COC1C=NNc2ccccc21. The number of para-hydroxylation sites is 1. The van der Waals surface area contributed by atoms with Gasteiger partial charge in [-0.1, -0.05) is 18.2 Å². The largest absolute Gasteiger partial charge is 0.371 e. The predicted octanol–water partition coefficient (Wildman–Crippen LogP) is 1.79. The topological polar surface area (TPSA) is 33.6 Å². The Bertz CT molecular complexity index is 309. The summed E-state index contributed by atoms with van der Waals surface area (Å²) in [6.07, 6.45) is 1.74. The highest BCUT2D eigenvalue weighted by molar-refractivity contribution is 5.74. The van der Waals surface area contributed by atoms with E-state index in [-0.39, 0.29) is 6.10 Å². The Morgan fingerprint density at radius 2 is 2.25 bits per heavy atom. The van der Waals surface area contributed by atoms with Gasteiger partial charge in [-0.3, -0.25) is 5.43 Å². The first-order valence-electron chi connectivity index (χ1n) is 3.83. The lowest BCUT2D eigenvalue weighted by Crippen LogP contribution is -2.11. The molecule has 1 atom stereocenters. The van der Waals surface area contributed by atoms with E-state index in [0.29, 0.717) is 0 Å². The summed E-state index contributed by atoms with van der Waals surface area (Å²) in [7, 11) is 1.68. The van der Waals surface area contributed by atoms with Crippen molar-refractivity contribution < 1.29 is 4.74 Å². The minimum atomic E-state index is -0.0116. The molecule has 0 fully saturated rings. The van der Waals surface area contributed by atoms with Gasteiger partial charge in [-0.15, -0.1) is 0 Å². The third kappa shape index (κ3) is 1.08. The summed E-state index contributed by atoms with van der Waals surface area (Å²) in [4.78, 5) is 0. The van der Waals surface area contributed by atoms with Crippen molar-refractivity contribution in [3.63, 3.8) is 0 Å². The number of methoxy groups -OCH3 is 1. The number of nitrogens with zero attached hydrogens (tertiary/aromatic N) is 1. The first-order chi connectivity index (χ1) is 5.92. The van der Waals surface area contributed by atoms with E-state index in [2.05, 4.69) is 10.5 Å². The van der Waals surface area contributed by atoms with E-state index in [9.17, 15) is 0 Å². The normalized spacial score (nSPS) is 19.9. The number of fused-ring (bicyclic) bond motifs is 1. The van der Waals surface area contributed by atoms with Crippen LogP contribution < -0.4 is 5.43 Å².